The van der Waals surface area contributed by atoms with Crippen LogP contribution in [0.5, 0.6) is 0 Å². The van der Waals surface area contributed by atoms with Crippen LogP contribution in [0, 0.1) is 0 Å². The molecule has 2 aromatic rings. The zero-order valence-corrected chi connectivity index (χ0v) is 11.2. The minimum Gasteiger partial charge on any atom is -0.228 e. The molecule has 0 amide bonds. The van der Waals surface area contributed by atoms with Crippen molar-refractivity contribution < 1.29 is 13.2 Å². The molecule has 2 nitrogen and oxygen atoms in total. The Kier molecular flexibility index (Phi) is 3.68. The van der Waals surface area contributed by atoms with Crippen LogP contribution in [0.15, 0.2) is 34.9 Å². The van der Waals surface area contributed by atoms with Gasteiger partial charge in [0.2, 0.25) is 0 Å². The van der Waals surface area contributed by atoms with Crippen LogP contribution in [0.1, 0.15) is 11.3 Å². The molecule has 0 radical (unpaired) electrons. The maximum atomic E-state index is 13.0. The highest BCUT2D eigenvalue weighted by atomic mass is 79.9. The smallest absolute Gasteiger partial charge is 0.228 e. The van der Waals surface area contributed by atoms with Gasteiger partial charge in [0.1, 0.15) is 0 Å². The molecular formula is C11H7BrClF3N2. The summed E-state index contributed by atoms with van der Waals surface area (Å²) in [5.41, 5.74) is -0.534. The molecule has 1 aromatic heterocycles. The summed E-state index contributed by atoms with van der Waals surface area (Å²) in [5.74, 6) is -0.231. The van der Waals surface area contributed by atoms with Gasteiger partial charge in [0.15, 0.2) is 5.69 Å². The highest BCUT2D eigenvalue weighted by Gasteiger charge is 2.38. The van der Waals surface area contributed by atoms with E-state index in [2.05, 4.69) is 21.0 Å². The first-order chi connectivity index (χ1) is 8.43. The van der Waals surface area contributed by atoms with Crippen molar-refractivity contribution in [3.63, 3.8) is 0 Å². The summed E-state index contributed by atoms with van der Waals surface area (Å²) in [6.45, 7) is 0. The van der Waals surface area contributed by atoms with Gasteiger partial charge >= 0.3 is 6.18 Å². The minimum atomic E-state index is -4.49. The first-order valence-corrected chi connectivity index (χ1v) is 6.22. The Morgan fingerprint density at radius 1 is 1.22 bits per heavy atom. The van der Waals surface area contributed by atoms with Crippen molar-refractivity contribution in [1.29, 1.82) is 0 Å². The molecule has 0 N–H and O–H groups in total. The zero-order chi connectivity index (χ0) is 13.3. The van der Waals surface area contributed by atoms with Crippen LogP contribution in [0.3, 0.4) is 0 Å². The molecule has 7 heteroatoms. The maximum Gasteiger partial charge on any atom is 0.433 e. The quantitative estimate of drug-likeness (QED) is 0.742. The Hall–Kier alpha value is -1.01. The molecule has 0 aliphatic rings. The van der Waals surface area contributed by atoms with Gasteiger partial charge < -0.3 is 0 Å². The molecule has 0 spiro atoms. The number of hydrogen-bond acceptors (Lipinski definition) is 1. The second-order valence-corrected chi connectivity index (χ2v) is 4.72. The number of halogens is 5. The van der Waals surface area contributed by atoms with E-state index >= 15 is 0 Å². The normalized spacial score (nSPS) is 11.8. The molecule has 0 saturated carbocycles. The third kappa shape index (κ3) is 2.54. The van der Waals surface area contributed by atoms with Crippen LogP contribution in [0.2, 0.25) is 0 Å². The summed E-state index contributed by atoms with van der Waals surface area (Å²) in [6.07, 6.45) is -3.36. The fourth-order valence-electron chi connectivity index (χ4n) is 1.56. The number of nitrogens with zero attached hydrogens (tertiary/aromatic N) is 2. The molecule has 1 aromatic carbocycles. The Bertz CT molecular complexity index is 548. The monoisotopic (exact) mass is 338 g/mol. The summed E-state index contributed by atoms with van der Waals surface area (Å²) >= 11 is 8.73. The van der Waals surface area contributed by atoms with Gasteiger partial charge in [-0.25, -0.2) is 4.68 Å². The lowest BCUT2D eigenvalue weighted by atomic mass is 10.2. The van der Waals surface area contributed by atoms with Gasteiger partial charge in [-0.2, -0.15) is 18.3 Å². The summed E-state index contributed by atoms with van der Waals surface area (Å²) in [4.78, 5) is 0. The lowest BCUT2D eigenvalue weighted by Gasteiger charge is -2.12. The number of aromatic nitrogens is 2. The van der Waals surface area contributed by atoms with Gasteiger partial charge in [-0.05, 0) is 24.3 Å². The van der Waals surface area contributed by atoms with E-state index in [-0.39, 0.29) is 11.4 Å². The molecule has 0 atom stereocenters. The lowest BCUT2D eigenvalue weighted by molar-refractivity contribution is -0.143. The average Bonchev–Trinajstić information content (AvgIpc) is 2.73. The Morgan fingerprint density at radius 3 is 2.33 bits per heavy atom. The summed E-state index contributed by atoms with van der Waals surface area (Å²) < 4.78 is 40.5. The van der Waals surface area contributed by atoms with Crippen LogP contribution >= 0.6 is 27.5 Å². The average molecular weight is 340 g/mol. The predicted octanol–water partition coefficient (Wildman–Crippen LogP) is 4.39. The third-order valence-corrected chi connectivity index (χ3v) is 3.15. The second-order valence-electron chi connectivity index (χ2n) is 3.54. The predicted molar refractivity (Wildman–Crippen MR) is 65.8 cm³/mol. The van der Waals surface area contributed by atoms with E-state index in [0.29, 0.717) is 5.69 Å². The number of rotatable bonds is 2. The first kappa shape index (κ1) is 13.4. The van der Waals surface area contributed by atoms with Crippen LogP contribution < -0.4 is 0 Å². The van der Waals surface area contributed by atoms with Crippen LogP contribution in [-0.2, 0) is 12.1 Å². The third-order valence-electron chi connectivity index (χ3n) is 2.33. The molecule has 18 heavy (non-hydrogen) atoms. The van der Waals surface area contributed by atoms with Crippen molar-refractivity contribution in [3.05, 3.63) is 46.2 Å². The van der Waals surface area contributed by atoms with Gasteiger partial charge in [-0.1, -0.05) is 15.9 Å². The summed E-state index contributed by atoms with van der Waals surface area (Å²) in [5, 5.41) is 3.75. The molecule has 0 saturated heterocycles. The second kappa shape index (κ2) is 4.93. The maximum absolute atomic E-state index is 13.0. The van der Waals surface area contributed by atoms with E-state index in [1.165, 1.54) is 0 Å². The van der Waals surface area contributed by atoms with Gasteiger partial charge in [0.05, 0.1) is 17.8 Å². The van der Waals surface area contributed by atoms with Crippen LogP contribution in [0.25, 0.3) is 5.69 Å². The van der Waals surface area contributed by atoms with E-state index in [9.17, 15) is 13.2 Å². The van der Waals surface area contributed by atoms with Gasteiger partial charge in [-0.15, -0.1) is 11.6 Å². The van der Waals surface area contributed by atoms with E-state index in [1.807, 2.05) is 0 Å². The number of hydrogen-bond donors (Lipinski definition) is 0. The van der Waals surface area contributed by atoms with E-state index in [1.54, 1.807) is 24.3 Å². The molecule has 0 bridgehead atoms. The molecule has 0 fully saturated rings. The first-order valence-electron chi connectivity index (χ1n) is 4.89. The van der Waals surface area contributed by atoms with Crippen molar-refractivity contribution >= 4 is 27.5 Å². The van der Waals surface area contributed by atoms with Crippen LogP contribution in [-0.4, -0.2) is 9.78 Å². The van der Waals surface area contributed by atoms with Crippen LogP contribution in [0.4, 0.5) is 13.2 Å². The van der Waals surface area contributed by atoms with E-state index in [4.69, 9.17) is 11.6 Å². The van der Waals surface area contributed by atoms with Crippen molar-refractivity contribution in [2.75, 3.05) is 0 Å². The Morgan fingerprint density at radius 2 is 1.83 bits per heavy atom. The molecule has 0 aliphatic carbocycles. The van der Waals surface area contributed by atoms with Crippen molar-refractivity contribution in [1.82, 2.24) is 9.78 Å². The molecule has 2 rings (SSSR count). The lowest BCUT2D eigenvalue weighted by Crippen LogP contribution is -2.15. The zero-order valence-electron chi connectivity index (χ0n) is 8.88. The standard InChI is InChI=1S/C11H7BrClF3N2/c12-8-1-3-9(4-2-8)18-10(11(14,15)16)7(5-13)6-17-18/h1-4,6H,5H2. The Balaban J connectivity index is 2.58. The van der Waals surface area contributed by atoms with Crippen molar-refractivity contribution in [2.45, 2.75) is 12.1 Å². The largest absolute Gasteiger partial charge is 0.433 e. The minimum absolute atomic E-state index is 0.0351. The summed E-state index contributed by atoms with van der Waals surface area (Å²) in [7, 11) is 0. The van der Waals surface area contributed by atoms with Gasteiger partial charge in [0.25, 0.3) is 0 Å². The van der Waals surface area contributed by atoms with E-state index in [0.717, 1.165) is 15.4 Å². The van der Waals surface area contributed by atoms with Gasteiger partial charge in [-0.3, -0.25) is 0 Å². The van der Waals surface area contributed by atoms with Crippen molar-refractivity contribution in [3.8, 4) is 5.69 Å². The Labute approximate surface area is 114 Å². The van der Waals surface area contributed by atoms with E-state index < -0.39 is 11.9 Å². The molecule has 0 unspecified atom stereocenters. The fourth-order valence-corrected chi connectivity index (χ4v) is 2.02. The molecule has 96 valence electrons. The van der Waals surface area contributed by atoms with Crippen molar-refractivity contribution in [2.24, 2.45) is 0 Å². The topological polar surface area (TPSA) is 17.8 Å². The highest BCUT2D eigenvalue weighted by Crippen LogP contribution is 2.34. The highest BCUT2D eigenvalue weighted by molar-refractivity contribution is 9.10. The SMILES string of the molecule is FC(F)(F)c1c(CCl)cnn1-c1ccc(Br)cc1. The molecule has 0 aliphatic heterocycles. The fraction of sp³-hybridized carbons (Fsp3) is 0.182. The number of alkyl halides is 4. The molecule has 1 heterocycles. The summed E-state index contributed by atoms with van der Waals surface area (Å²) in [6, 6.07) is 6.39. The van der Waals surface area contributed by atoms with Gasteiger partial charge in [0, 0.05) is 10.0 Å². The number of benzene rings is 1. The molecular weight excluding hydrogens is 332 g/mol.